The number of hydrogen-bond donors (Lipinski definition) is 0. The van der Waals surface area contributed by atoms with Crippen LogP contribution in [0.5, 0.6) is 0 Å². The Labute approximate surface area is 123 Å². The van der Waals surface area contributed by atoms with E-state index in [2.05, 4.69) is 0 Å². The van der Waals surface area contributed by atoms with Gasteiger partial charge >= 0.3 is 123 Å². The molecule has 0 bridgehead atoms. The van der Waals surface area contributed by atoms with Gasteiger partial charge in [0.15, 0.2) is 0 Å². The van der Waals surface area contributed by atoms with Crippen LogP contribution in [-0.2, 0) is 31.3 Å². The Bertz CT molecular complexity index is 609. The summed E-state index contributed by atoms with van der Waals surface area (Å²) in [6.07, 6.45) is 0.737. The number of hydrogen-bond acceptors (Lipinski definition) is 2. The van der Waals surface area contributed by atoms with Crippen molar-refractivity contribution in [3.05, 3.63) is 71.8 Å². The summed E-state index contributed by atoms with van der Waals surface area (Å²) in [6.45, 7) is 0. The van der Waals surface area contributed by atoms with Gasteiger partial charge in [0.05, 0.1) is 0 Å². The number of benzene rings is 2. The molecule has 0 radical (unpaired) electrons. The fourth-order valence-corrected chi connectivity index (χ4v) is 3.96. The third kappa shape index (κ3) is 4.89. The summed E-state index contributed by atoms with van der Waals surface area (Å²) in [4.78, 5) is 0. The van der Waals surface area contributed by atoms with Crippen molar-refractivity contribution in [3.63, 3.8) is 0 Å². The molecule has 2 rings (SSSR count). The van der Waals surface area contributed by atoms with Crippen molar-refractivity contribution in [2.45, 2.75) is 12.3 Å². The normalized spacial score (nSPS) is 13.1. The van der Waals surface area contributed by atoms with Crippen molar-refractivity contribution in [1.82, 2.24) is 0 Å². The second-order valence-corrected chi connectivity index (χ2v) is 9.11. The molecule has 0 saturated carbocycles. The predicted molar refractivity (Wildman–Crippen MR) is 73.1 cm³/mol. The van der Waals surface area contributed by atoms with Gasteiger partial charge in [0.1, 0.15) is 0 Å². The fourth-order valence-electron chi connectivity index (χ4n) is 2.13. The second-order valence-electron chi connectivity index (χ2n) is 4.49. The zero-order valence-electron chi connectivity index (χ0n) is 10.3. The van der Waals surface area contributed by atoms with Crippen molar-refractivity contribution in [1.29, 1.82) is 0 Å². The molecule has 0 heterocycles. The van der Waals surface area contributed by atoms with Crippen LogP contribution in [0.4, 0.5) is 0 Å². The quantitative estimate of drug-likeness (QED) is 0.769. The van der Waals surface area contributed by atoms with Crippen LogP contribution in [0.15, 0.2) is 60.7 Å². The van der Waals surface area contributed by atoms with Gasteiger partial charge in [0.2, 0.25) is 0 Å². The molecule has 0 spiro atoms. The molecular formula is C15H15O2RuS+. The van der Waals surface area contributed by atoms with Crippen LogP contribution in [0.25, 0.3) is 0 Å². The first-order valence-electron chi connectivity index (χ1n) is 6.05. The first-order chi connectivity index (χ1) is 9.04. The minimum absolute atomic E-state index is 0.00491. The van der Waals surface area contributed by atoms with E-state index in [9.17, 15) is 8.42 Å². The van der Waals surface area contributed by atoms with Crippen molar-refractivity contribution < 1.29 is 25.5 Å². The van der Waals surface area contributed by atoms with Crippen LogP contribution in [0, 0.1) is 0 Å². The summed E-state index contributed by atoms with van der Waals surface area (Å²) < 4.78 is 23.1. The molecule has 1 atom stereocenters. The monoisotopic (exact) mass is 361 g/mol. The number of rotatable bonds is 5. The maximum atomic E-state index is 11.6. The molecule has 2 aromatic rings. The van der Waals surface area contributed by atoms with Gasteiger partial charge in [-0.25, -0.2) is 0 Å². The zero-order valence-corrected chi connectivity index (χ0v) is 12.9. The van der Waals surface area contributed by atoms with Crippen LogP contribution < -0.4 is 0 Å². The van der Waals surface area contributed by atoms with Crippen molar-refractivity contribution >= 4 is 7.83 Å². The average molecular weight is 360 g/mol. The molecule has 2 nitrogen and oxygen atoms in total. The summed E-state index contributed by atoms with van der Waals surface area (Å²) in [5.41, 5.74) is 2.23. The fraction of sp³-hybridized carbons (Fsp3) is 0.200. The van der Waals surface area contributed by atoms with Crippen LogP contribution in [0.2, 0.25) is 0 Å². The summed E-state index contributed by atoms with van der Waals surface area (Å²) in [7, 11) is -3.06. The standard InChI is InChI=1S/C15H15O2S.Ru/c16-18(17)12-15(14-9-5-2-6-10-14)11-13-7-3-1-4-8-13;/h1-10,15H,11-12H2;/q;+1. The van der Waals surface area contributed by atoms with Crippen molar-refractivity contribution in [3.8, 4) is 0 Å². The predicted octanol–water partition coefficient (Wildman–Crippen LogP) is 2.89. The van der Waals surface area contributed by atoms with Gasteiger partial charge < -0.3 is 0 Å². The van der Waals surface area contributed by atoms with E-state index in [0.717, 1.165) is 17.5 Å². The summed E-state index contributed by atoms with van der Waals surface area (Å²) in [5, 5.41) is 0. The van der Waals surface area contributed by atoms with Crippen molar-refractivity contribution in [2.24, 2.45) is 0 Å². The van der Waals surface area contributed by atoms with Crippen LogP contribution in [-0.4, -0.2) is 14.2 Å². The van der Waals surface area contributed by atoms with Gasteiger partial charge in [-0.3, -0.25) is 0 Å². The first-order valence-corrected chi connectivity index (χ1v) is 9.71. The van der Waals surface area contributed by atoms with Gasteiger partial charge in [-0.1, -0.05) is 0 Å². The molecule has 19 heavy (non-hydrogen) atoms. The Morgan fingerprint density at radius 2 is 1.42 bits per heavy atom. The van der Waals surface area contributed by atoms with E-state index < -0.39 is 7.83 Å². The van der Waals surface area contributed by atoms with Crippen LogP contribution in [0.1, 0.15) is 17.0 Å². The zero-order chi connectivity index (χ0) is 13.7. The molecule has 0 aromatic heterocycles. The Balaban J connectivity index is 2.25. The third-order valence-corrected chi connectivity index (χ3v) is 4.65. The van der Waals surface area contributed by atoms with Crippen LogP contribution >= 0.6 is 0 Å². The minimum atomic E-state index is -3.06. The van der Waals surface area contributed by atoms with E-state index >= 15 is 0 Å². The van der Waals surface area contributed by atoms with Gasteiger partial charge in [0, 0.05) is 0 Å². The van der Waals surface area contributed by atoms with E-state index in [0.29, 0.717) is 0 Å². The maximum absolute atomic E-state index is 11.6. The molecule has 4 heteroatoms. The average Bonchev–Trinajstić information content (AvgIpc) is 2.39. The Morgan fingerprint density at radius 1 is 0.895 bits per heavy atom. The van der Waals surface area contributed by atoms with E-state index in [4.69, 9.17) is 0 Å². The summed E-state index contributed by atoms with van der Waals surface area (Å²) >= 11 is 1.85. The molecule has 2 aromatic carbocycles. The molecule has 1 unspecified atom stereocenters. The van der Waals surface area contributed by atoms with Gasteiger partial charge in [0.25, 0.3) is 0 Å². The second kappa shape index (κ2) is 6.45. The van der Waals surface area contributed by atoms with Gasteiger partial charge in [-0.15, -0.1) is 0 Å². The molecule has 0 fully saturated rings. The van der Waals surface area contributed by atoms with Gasteiger partial charge in [-0.05, 0) is 0 Å². The van der Waals surface area contributed by atoms with E-state index in [-0.39, 0.29) is 11.7 Å². The Kier molecular flexibility index (Phi) is 4.89. The SMILES string of the molecule is O=[S](=O)([Ru+])CC(Cc1ccccc1)c1ccccc1. The van der Waals surface area contributed by atoms with Crippen molar-refractivity contribution in [2.75, 3.05) is 5.75 Å². The van der Waals surface area contributed by atoms with Crippen LogP contribution in [0.3, 0.4) is 0 Å². The Hall–Kier alpha value is -0.987. The molecule has 0 amide bonds. The molecule has 100 valence electrons. The first kappa shape index (κ1) is 14.4. The van der Waals surface area contributed by atoms with E-state index in [1.54, 1.807) is 0 Å². The molecule has 0 saturated heterocycles. The summed E-state index contributed by atoms with van der Waals surface area (Å²) in [5.74, 6) is 0.150. The topological polar surface area (TPSA) is 34.1 Å². The third-order valence-electron chi connectivity index (χ3n) is 2.99. The van der Waals surface area contributed by atoms with Gasteiger partial charge in [-0.2, -0.15) is 0 Å². The Morgan fingerprint density at radius 3 is 1.95 bits per heavy atom. The molecule has 0 aliphatic carbocycles. The molecule has 0 N–H and O–H groups in total. The molecule has 0 aliphatic heterocycles. The molecular weight excluding hydrogens is 345 g/mol. The summed E-state index contributed by atoms with van der Waals surface area (Å²) in [6, 6.07) is 19.8. The van der Waals surface area contributed by atoms with E-state index in [1.165, 1.54) is 0 Å². The van der Waals surface area contributed by atoms with E-state index in [1.807, 2.05) is 77.7 Å². The molecule has 0 aliphatic rings.